The molecular weight excluding hydrogens is 365 g/mol. The third-order valence-corrected chi connectivity index (χ3v) is 4.09. The maximum Gasteiger partial charge on any atom is 0.573 e. The van der Waals surface area contributed by atoms with Gasteiger partial charge in [-0.1, -0.05) is 0 Å². The average molecular weight is 382 g/mol. The van der Waals surface area contributed by atoms with Gasteiger partial charge in [0.2, 0.25) is 11.8 Å². The monoisotopic (exact) mass is 382 g/mol. The number of carbonyl (C=O) groups is 1. The van der Waals surface area contributed by atoms with E-state index in [0.717, 1.165) is 5.69 Å². The van der Waals surface area contributed by atoms with Crippen LogP contribution >= 0.6 is 0 Å². The Hall–Kier alpha value is -3.04. The Morgan fingerprint density at radius 1 is 1.07 bits per heavy atom. The van der Waals surface area contributed by atoms with Crippen LogP contribution in [0, 0.1) is 0 Å². The molecule has 0 amide bonds. The molecule has 2 heterocycles. The molecular formula is C17H17F3N4O3. The Morgan fingerprint density at radius 2 is 1.70 bits per heavy atom. The highest BCUT2D eigenvalue weighted by molar-refractivity contribution is 5.77. The average Bonchev–Trinajstić information content (AvgIpc) is 2.67. The number of aldehydes is 1. The Labute approximate surface area is 153 Å². The van der Waals surface area contributed by atoms with E-state index in [2.05, 4.69) is 14.7 Å². The second-order valence-electron chi connectivity index (χ2n) is 5.77. The number of hydrogen-bond donors (Lipinski definition) is 0. The molecule has 0 N–H and O–H groups in total. The molecule has 7 nitrogen and oxygen atoms in total. The number of nitrogens with zero attached hydrogens (tertiary/aromatic N) is 4. The van der Waals surface area contributed by atoms with Crippen LogP contribution in [-0.4, -0.2) is 55.9 Å². The van der Waals surface area contributed by atoms with Crippen molar-refractivity contribution in [2.45, 2.75) is 6.36 Å². The number of anilines is 2. The van der Waals surface area contributed by atoms with E-state index in [9.17, 15) is 18.0 Å². The van der Waals surface area contributed by atoms with E-state index in [1.54, 1.807) is 12.1 Å². The highest BCUT2D eigenvalue weighted by atomic mass is 19.4. The maximum absolute atomic E-state index is 12.2. The predicted octanol–water partition coefficient (Wildman–Crippen LogP) is 2.52. The molecule has 0 atom stereocenters. The molecule has 1 aliphatic rings. The van der Waals surface area contributed by atoms with E-state index >= 15 is 0 Å². The summed E-state index contributed by atoms with van der Waals surface area (Å²) in [5, 5.41) is 0. The largest absolute Gasteiger partial charge is 0.573 e. The van der Waals surface area contributed by atoms with Crippen molar-refractivity contribution < 1.29 is 27.4 Å². The Bertz CT molecular complexity index is 791. The first-order valence-electron chi connectivity index (χ1n) is 8.11. The molecule has 27 heavy (non-hydrogen) atoms. The molecule has 10 heteroatoms. The van der Waals surface area contributed by atoms with Gasteiger partial charge in [0.05, 0.1) is 12.7 Å². The maximum atomic E-state index is 12.2. The SMILES string of the molecule is COc1nc(N2CCN(c3ccc(OC(F)(F)F)cc3)CC2)ncc1C=O. The van der Waals surface area contributed by atoms with Crippen LogP contribution in [0.3, 0.4) is 0 Å². The lowest BCUT2D eigenvalue weighted by Gasteiger charge is -2.36. The first kappa shape index (κ1) is 18.7. The second-order valence-corrected chi connectivity index (χ2v) is 5.77. The van der Waals surface area contributed by atoms with Crippen LogP contribution in [0.4, 0.5) is 24.8 Å². The van der Waals surface area contributed by atoms with Gasteiger partial charge in [0.1, 0.15) is 5.75 Å². The predicted molar refractivity (Wildman–Crippen MR) is 91.5 cm³/mol. The first-order chi connectivity index (χ1) is 12.9. The summed E-state index contributed by atoms with van der Waals surface area (Å²) in [5.41, 5.74) is 1.08. The van der Waals surface area contributed by atoms with Crippen LogP contribution in [0.2, 0.25) is 0 Å². The number of hydrogen-bond acceptors (Lipinski definition) is 7. The second kappa shape index (κ2) is 7.68. The standard InChI is InChI=1S/C17H17F3N4O3/c1-26-15-12(11-25)10-21-16(22-15)24-8-6-23(7-9-24)13-2-4-14(5-3-13)27-17(18,19)20/h2-5,10-11H,6-9H2,1H3. The Kier molecular flexibility index (Phi) is 5.33. The highest BCUT2D eigenvalue weighted by Crippen LogP contribution is 2.26. The minimum atomic E-state index is -4.70. The van der Waals surface area contributed by atoms with E-state index in [0.29, 0.717) is 38.4 Å². The Morgan fingerprint density at radius 3 is 2.26 bits per heavy atom. The summed E-state index contributed by atoms with van der Waals surface area (Å²) in [6.45, 7) is 2.51. The number of halogens is 3. The third-order valence-electron chi connectivity index (χ3n) is 4.09. The molecule has 1 aliphatic heterocycles. The topological polar surface area (TPSA) is 67.8 Å². The molecule has 0 unspecified atom stereocenters. The zero-order chi connectivity index (χ0) is 19.4. The van der Waals surface area contributed by atoms with Crippen molar-refractivity contribution >= 4 is 17.9 Å². The summed E-state index contributed by atoms with van der Waals surface area (Å²) in [5.74, 6) is 0.435. The van der Waals surface area contributed by atoms with E-state index in [4.69, 9.17) is 4.74 Å². The van der Waals surface area contributed by atoms with E-state index in [-0.39, 0.29) is 17.2 Å². The number of carbonyl (C=O) groups excluding carboxylic acids is 1. The van der Waals surface area contributed by atoms with Crippen LogP contribution in [0.5, 0.6) is 11.6 Å². The molecule has 1 aromatic carbocycles. The van der Waals surface area contributed by atoms with Gasteiger partial charge < -0.3 is 19.3 Å². The van der Waals surface area contributed by atoms with Gasteiger partial charge in [0, 0.05) is 38.1 Å². The number of alkyl halides is 3. The summed E-state index contributed by atoms with van der Waals surface area (Å²) in [6.07, 6.45) is -2.65. The molecule has 1 fully saturated rings. The molecule has 0 bridgehead atoms. The van der Waals surface area contributed by atoms with Gasteiger partial charge in [0.15, 0.2) is 6.29 Å². The van der Waals surface area contributed by atoms with Crippen molar-refractivity contribution in [1.82, 2.24) is 9.97 Å². The van der Waals surface area contributed by atoms with Gasteiger partial charge in [-0.2, -0.15) is 4.98 Å². The smallest absolute Gasteiger partial charge is 0.480 e. The van der Waals surface area contributed by atoms with Crippen LogP contribution < -0.4 is 19.3 Å². The van der Waals surface area contributed by atoms with Gasteiger partial charge in [-0.25, -0.2) is 4.98 Å². The highest BCUT2D eigenvalue weighted by Gasteiger charge is 2.31. The van der Waals surface area contributed by atoms with Gasteiger partial charge in [-0.05, 0) is 24.3 Å². The fraction of sp³-hybridized carbons (Fsp3) is 0.353. The number of piperazine rings is 1. The molecule has 144 valence electrons. The van der Waals surface area contributed by atoms with Crippen molar-refractivity contribution in [3.63, 3.8) is 0 Å². The van der Waals surface area contributed by atoms with E-state index in [1.807, 2.05) is 9.80 Å². The van der Waals surface area contributed by atoms with Gasteiger partial charge in [-0.3, -0.25) is 4.79 Å². The van der Waals surface area contributed by atoms with Crippen LogP contribution in [-0.2, 0) is 0 Å². The summed E-state index contributed by atoms with van der Waals surface area (Å²) >= 11 is 0. The Balaban J connectivity index is 1.63. The first-order valence-corrected chi connectivity index (χ1v) is 8.11. The molecule has 3 rings (SSSR count). The number of ether oxygens (including phenoxy) is 2. The van der Waals surface area contributed by atoms with Gasteiger partial charge >= 0.3 is 6.36 Å². The summed E-state index contributed by atoms with van der Waals surface area (Å²) < 4.78 is 45.6. The molecule has 0 radical (unpaired) electrons. The zero-order valence-electron chi connectivity index (χ0n) is 14.4. The van der Waals surface area contributed by atoms with E-state index < -0.39 is 6.36 Å². The normalized spacial score (nSPS) is 14.8. The number of rotatable bonds is 5. The third kappa shape index (κ3) is 4.57. The molecule has 0 aliphatic carbocycles. The van der Waals surface area contributed by atoms with Crippen molar-refractivity contribution in [2.24, 2.45) is 0 Å². The summed E-state index contributed by atoms with van der Waals surface area (Å²) in [7, 11) is 1.43. The zero-order valence-corrected chi connectivity index (χ0v) is 14.4. The number of aromatic nitrogens is 2. The van der Waals surface area contributed by atoms with Gasteiger partial charge in [0.25, 0.3) is 0 Å². The quantitative estimate of drug-likeness (QED) is 0.736. The van der Waals surface area contributed by atoms with Crippen molar-refractivity contribution in [2.75, 3.05) is 43.1 Å². The van der Waals surface area contributed by atoms with E-state index in [1.165, 1.54) is 25.4 Å². The molecule has 1 aromatic heterocycles. The lowest BCUT2D eigenvalue weighted by molar-refractivity contribution is -0.274. The fourth-order valence-corrected chi connectivity index (χ4v) is 2.79. The lowest BCUT2D eigenvalue weighted by atomic mass is 10.2. The van der Waals surface area contributed by atoms with Crippen LogP contribution in [0.1, 0.15) is 10.4 Å². The number of benzene rings is 1. The van der Waals surface area contributed by atoms with Crippen molar-refractivity contribution in [3.05, 3.63) is 36.0 Å². The molecule has 1 saturated heterocycles. The fourth-order valence-electron chi connectivity index (χ4n) is 2.79. The van der Waals surface area contributed by atoms with Gasteiger partial charge in [-0.15, -0.1) is 13.2 Å². The van der Waals surface area contributed by atoms with Crippen LogP contribution in [0.15, 0.2) is 30.5 Å². The summed E-state index contributed by atoms with van der Waals surface area (Å²) in [6, 6.07) is 5.77. The minimum Gasteiger partial charge on any atom is -0.480 e. The molecule has 0 saturated carbocycles. The lowest BCUT2D eigenvalue weighted by Crippen LogP contribution is -2.47. The summed E-state index contributed by atoms with van der Waals surface area (Å²) in [4.78, 5) is 23.4. The molecule has 2 aromatic rings. The minimum absolute atomic E-state index is 0.220. The van der Waals surface area contributed by atoms with Crippen molar-refractivity contribution in [3.8, 4) is 11.6 Å². The number of methoxy groups -OCH3 is 1. The van der Waals surface area contributed by atoms with Crippen molar-refractivity contribution in [1.29, 1.82) is 0 Å². The molecule has 0 spiro atoms. The van der Waals surface area contributed by atoms with Crippen LogP contribution in [0.25, 0.3) is 0 Å².